The van der Waals surface area contributed by atoms with Gasteiger partial charge in [0.2, 0.25) is 0 Å². The summed E-state index contributed by atoms with van der Waals surface area (Å²) in [7, 11) is 0. The Morgan fingerprint density at radius 2 is 2.00 bits per heavy atom. The van der Waals surface area contributed by atoms with Crippen LogP contribution in [0.15, 0.2) is 29.3 Å². The molecule has 1 aromatic rings. The predicted molar refractivity (Wildman–Crippen MR) is 90.3 cm³/mol. The summed E-state index contributed by atoms with van der Waals surface area (Å²) in [6.07, 6.45) is 3.40. The number of alkyl halides is 1. The number of rotatable bonds is 2. The van der Waals surface area contributed by atoms with Gasteiger partial charge in [-0.05, 0) is 49.7 Å². The molecule has 2 bridgehead atoms. The van der Waals surface area contributed by atoms with E-state index in [2.05, 4.69) is 34.8 Å². The van der Waals surface area contributed by atoms with E-state index in [1.807, 2.05) is 31.2 Å². The van der Waals surface area contributed by atoms with E-state index in [9.17, 15) is 4.79 Å². The Hall–Kier alpha value is -0.960. The lowest BCUT2D eigenvalue weighted by molar-refractivity contribution is 0.100. The minimum absolute atomic E-state index is 0.0710. The van der Waals surface area contributed by atoms with Gasteiger partial charge in [0.1, 0.15) is 0 Å². The van der Waals surface area contributed by atoms with Crippen LogP contribution in [-0.4, -0.2) is 16.9 Å². The summed E-state index contributed by atoms with van der Waals surface area (Å²) in [5.41, 5.74) is 3.28. The van der Waals surface area contributed by atoms with Gasteiger partial charge in [-0.2, -0.15) is 0 Å². The SMILES string of the molecule is Cc1ccc(C(=O)N=C2CC3CCC2(C)C3(C)CBr)cc1. The summed E-state index contributed by atoms with van der Waals surface area (Å²) in [6, 6.07) is 7.69. The number of aryl methyl sites for hydroxylation is 1. The molecule has 0 heterocycles. The molecule has 3 unspecified atom stereocenters. The van der Waals surface area contributed by atoms with Crippen LogP contribution in [0.5, 0.6) is 0 Å². The monoisotopic (exact) mass is 347 g/mol. The average molecular weight is 348 g/mol. The summed E-state index contributed by atoms with van der Waals surface area (Å²) in [5.74, 6) is 0.571. The molecule has 3 atom stereocenters. The van der Waals surface area contributed by atoms with Crippen molar-refractivity contribution in [2.45, 2.75) is 40.0 Å². The molecular formula is C18H22BrNO. The molecule has 1 aromatic carbocycles. The van der Waals surface area contributed by atoms with E-state index in [1.54, 1.807) is 0 Å². The summed E-state index contributed by atoms with van der Waals surface area (Å²) in [4.78, 5) is 17.0. The summed E-state index contributed by atoms with van der Waals surface area (Å²) in [5, 5.41) is 0.985. The molecule has 0 spiro atoms. The lowest BCUT2D eigenvalue weighted by Gasteiger charge is -2.36. The normalized spacial score (nSPS) is 36.4. The molecule has 0 radical (unpaired) electrons. The summed E-state index contributed by atoms with van der Waals surface area (Å²) >= 11 is 3.70. The number of carbonyl (C=O) groups excluding carboxylic acids is 1. The minimum Gasteiger partial charge on any atom is -0.267 e. The molecule has 2 saturated carbocycles. The highest BCUT2D eigenvalue weighted by atomic mass is 79.9. The van der Waals surface area contributed by atoms with Crippen molar-refractivity contribution in [3.8, 4) is 0 Å². The van der Waals surface area contributed by atoms with E-state index >= 15 is 0 Å². The van der Waals surface area contributed by atoms with Crippen LogP contribution in [0.1, 0.15) is 49.0 Å². The molecule has 3 heteroatoms. The maximum Gasteiger partial charge on any atom is 0.276 e. The number of nitrogens with zero attached hydrogens (tertiary/aromatic N) is 1. The van der Waals surface area contributed by atoms with E-state index in [1.165, 1.54) is 6.42 Å². The molecule has 2 aliphatic carbocycles. The van der Waals surface area contributed by atoms with E-state index in [0.717, 1.165) is 29.4 Å². The first kappa shape index (κ1) is 15.0. The van der Waals surface area contributed by atoms with Crippen molar-refractivity contribution < 1.29 is 4.79 Å². The van der Waals surface area contributed by atoms with Crippen LogP contribution < -0.4 is 0 Å². The highest BCUT2D eigenvalue weighted by molar-refractivity contribution is 9.09. The lowest BCUT2D eigenvalue weighted by atomic mass is 9.70. The highest BCUT2D eigenvalue weighted by Gasteiger charge is 2.61. The second kappa shape index (κ2) is 5.05. The van der Waals surface area contributed by atoms with Gasteiger partial charge in [-0.3, -0.25) is 4.79 Å². The zero-order valence-electron chi connectivity index (χ0n) is 12.9. The first-order valence-electron chi connectivity index (χ1n) is 7.66. The van der Waals surface area contributed by atoms with Gasteiger partial charge in [0.25, 0.3) is 5.91 Å². The first-order valence-corrected chi connectivity index (χ1v) is 8.78. The molecule has 112 valence electrons. The number of hydrogen-bond acceptors (Lipinski definition) is 1. The van der Waals surface area contributed by atoms with E-state index < -0.39 is 0 Å². The molecule has 0 aromatic heterocycles. The van der Waals surface area contributed by atoms with Crippen molar-refractivity contribution >= 4 is 27.5 Å². The molecule has 0 aliphatic heterocycles. The third-order valence-corrected chi connectivity index (χ3v) is 7.21. The van der Waals surface area contributed by atoms with Gasteiger partial charge in [0.15, 0.2) is 0 Å². The summed E-state index contributed by atoms with van der Waals surface area (Å²) in [6.45, 7) is 6.67. The van der Waals surface area contributed by atoms with Gasteiger partial charge in [0.05, 0.1) is 0 Å². The quantitative estimate of drug-likeness (QED) is 0.706. The molecule has 21 heavy (non-hydrogen) atoms. The Bertz CT molecular complexity index is 606. The molecule has 2 nitrogen and oxygen atoms in total. The lowest BCUT2D eigenvalue weighted by Crippen LogP contribution is -2.36. The Balaban J connectivity index is 1.91. The van der Waals surface area contributed by atoms with Gasteiger partial charge >= 0.3 is 0 Å². The molecule has 1 amide bonds. The third kappa shape index (κ3) is 2.12. The molecular weight excluding hydrogens is 326 g/mol. The number of halogens is 1. The maximum atomic E-state index is 12.4. The van der Waals surface area contributed by atoms with E-state index in [0.29, 0.717) is 11.5 Å². The predicted octanol–water partition coefficient (Wildman–Crippen LogP) is 4.80. The molecule has 3 rings (SSSR count). The van der Waals surface area contributed by atoms with E-state index in [4.69, 9.17) is 0 Å². The van der Waals surface area contributed by atoms with Crippen molar-refractivity contribution in [2.75, 3.05) is 5.33 Å². The molecule has 2 fully saturated rings. The van der Waals surface area contributed by atoms with Crippen LogP contribution in [0.25, 0.3) is 0 Å². The Morgan fingerprint density at radius 1 is 1.33 bits per heavy atom. The Morgan fingerprint density at radius 3 is 2.57 bits per heavy atom. The summed E-state index contributed by atoms with van der Waals surface area (Å²) < 4.78 is 0. The topological polar surface area (TPSA) is 29.4 Å². The highest BCUT2D eigenvalue weighted by Crippen LogP contribution is 2.64. The van der Waals surface area contributed by atoms with Crippen molar-refractivity contribution in [2.24, 2.45) is 21.7 Å². The van der Waals surface area contributed by atoms with Gasteiger partial charge in [-0.25, -0.2) is 4.99 Å². The van der Waals surface area contributed by atoms with Crippen molar-refractivity contribution in [1.82, 2.24) is 0 Å². The van der Waals surface area contributed by atoms with Crippen LogP contribution in [0.2, 0.25) is 0 Å². The van der Waals surface area contributed by atoms with Gasteiger partial charge < -0.3 is 0 Å². The zero-order valence-corrected chi connectivity index (χ0v) is 14.5. The second-order valence-electron chi connectivity index (χ2n) is 7.05. The smallest absolute Gasteiger partial charge is 0.267 e. The van der Waals surface area contributed by atoms with Gasteiger partial charge in [-0.1, -0.05) is 47.5 Å². The minimum atomic E-state index is -0.0873. The van der Waals surface area contributed by atoms with E-state index in [-0.39, 0.29) is 16.7 Å². The number of amides is 1. The average Bonchev–Trinajstić information content (AvgIpc) is 2.84. The molecule has 0 N–H and O–H groups in total. The molecule has 2 aliphatic rings. The zero-order chi connectivity index (χ0) is 15.3. The largest absolute Gasteiger partial charge is 0.276 e. The van der Waals surface area contributed by atoms with Crippen LogP contribution in [0, 0.1) is 23.7 Å². The first-order chi connectivity index (χ1) is 9.90. The number of carbonyl (C=O) groups is 1. The standard InChI is InChI=1S/C18H22BrNO/c1-12-4-6-13(7-5-12)16(21)20-15-10-14-8-9-17(15,2)18(14,3)11-19/h4-7,14H,8-11H2,1-3H3. The second-order valence-corrected chi connectivity index (χ2v) is 7.61. The maximum absolute atomic E-state index is 12.4. The Labute approximate surface area is 135 Å². The fourth-order valence-electron chi connectivity index (χ4n) is 4.09. The third-order valence-electron chi connectivity index (χ3n) is 6.04. The number of fused-ring (bicyclic) bond motifs is 2. The number of hydrogen-bond donors (Lipinski definition) is 0. The van der Waals surface area contributed by atoms with Crippen LogP contribution in [0.4, 0.5) is 0 Å². The van der Waals surface area contributed by atoms with Crippen LogP contribution in [0.3, 0.4) is 0 Å². The fraction of sp³-hybridized carbons (Fsp3) is 0.556. The number of aliphatic imine (C=N–C) groups is 1. The Kier molecular flexibility index (Phi) is 3.59. The van der Waals surface area contributed by atoms with Crippen molar-refractivity contribution in [3.63, 3.8) is 0 Å². The fourth-order valence-corrected chi connectivity index (χ4v) is 5.16. The van der Waals surface area contributed by atoms with Crippen molar-refractivity contribution in [3.05, 3.63) is 35.4 Å². The van der Waals surface area contributed by atoms with Gasteiger partial charge in [-0.15, -0.1) is 0 Å². The number of benzene rings is 1. The molecule has 0 saturated heterocycles. The van der Waals surface area contributed by atoms with Crippen LogP contribution in [-0.2, 0) is 0 Å². The van der Waals surface area contributed by atoms with Crippen LogP contribution >= 0.6 is 15.9 Å². The van der Waals surface area contributed by atoms with Crippen molar-refractivity contribution in [1.29, 1.82) is 0 Å². The van der Waals surface area contributed by atoms with Gasteiger partial charge in [0, 0.05) is 22.0 Å².